The van der Waals surface area contributed by atoms with Crippen molar-refractivity contribution in [3.05, 3.63) is 0 Å². The van der Waals surface area contributed by atoms with Crippen molar-refractivity contribution in [3.63, 3.8) is 0 Å². The Morgan fingerprint density at radius 3 is 2.41 bits per heavy atom. The van der Waals surface area contributed by atoms with Gasteiger partial charge in [-0.15, -0.1) is 0 Å². The van der Waals surface area contributed by atoms with E-state index in [0.717, 1.165) is 61.7 Å². The SMILES string of the molecule is CC[C@H](CCCC(C)(C)O)C1C[C@H]2C[C@](O)(CC)CC[C@]2(C)[C@H]2CC[C@@]3(C)CCC[C@H]3[C@@H]12. The summed E-state index contributed by atoms with van der Waals surface area (Å²) in [5.41, 5.74) is 0.0766. The molecule has 0 spiro atoms. The number of rotatable bonds is 7. The van der Waals surface area contributed by atoms with E-state index < -0.39 is 11.2 Å². The molecular weight excluding hydrogens is 392 g/mol. The second-order valence-corrected chi connectivity index (χ2v) is 14.1. The fourth-order valence-electron chi connectivity index (χ4n) is 9.72. The van der Waals surface area contributed by atoms with Gasteiger partial charge < -0.3 is 10.2 Å². The number of aliphatic hydroxyl groups is 2. The summed E-state index contributed by atoms with van der Waals surface area (Å²) in [5.74, 6) is 5.01. The minimum absolute atomic E-state index is 0.416. The smallest absolute Gasteiger partial charge is 0.0648 e. The van der Waals surface area contributed by atoms with Crippen molar-refractivity contribution >= 4 is 0 Å². The van der Waals surface area contributed by atoms with Gasteiger partial charge in [0.25, 0.3) is 0 Å². The Morgan fingerprint density at radius 2 is 1.75 bits per heavy atom. The number of fused-ring (bicyclic) bond motifs is 5. The summed E-state index contributed by atoms with van der Waals surface area (Å²) in [5, 5.41) is 21.6. The minimum Gasteiger partial charge on any atom is -0.390 e. The molecule has 2 N–H and O–H groups in total. The second kappa shape index (κ2) is 8.85. The molecule has 4 fully saturated rings. The van der Waals surface area contributed by atoms with Crippen molar-refractivity contribution in [2.45, 2.75) is 143 Å². The third-order valence-corrected chi connectivity index (χ3v) is 11.9. The van der Waals surface area contributed by atoms with Crippen LogP contribution in [0.5, 0.6) is 0 Å². The molecule has 4 aliphatic carbocycles. The Bertz CT molecular complexity index is 652. The van der Waals surface area contributed by atoms with Gasteiger partial charge in [-0.1, -0.05) is 53.4 Å². The van der Waals surface area contributed by atoms with E-state index in [0.29, 0.717) is 16.7 Å². The van der Waals surface area contributed by atoms with E-state index in [2.05, 4.69) is 27.7 Å². The van der Waals surface area contributed by atoms with Crippen LogP contribution in [-0.4, -0.2) is 21.4 Å². The second-order valence-electron chi connectivity index (χ2n) is 14.1. The average molecular weight is 447 g/mol. The number of hydrogen-bond donors (Lipinski definition) is 2. The van der Waals surface area contributed by atoms with Gasteiger partial charge in [0.15, 0.2) is 0 Å². The molecule has 32 heavy (non-hydrogen) atoms. The average Bonchev–Trinajstić information content (AvgIpc) is 3.13. The van der Waals surface area contributed by atoms with Crippen molar-refractivity contribution in [2.75, 3.05) is 0 Å². The highest BCUT2D eigenvalue weighted by Crippen LogP contribution is 2.69. The van der Waals surface area contributed by atoms with Crippen molar-refractivity contribution in [2.24, 2.45) is 46.3 Å². The zero-order valence-corrected chi connectivity index (χ0v) is 22.3. The molecule has 4 rings (SSSR count). The molecule has 2 nitrogen and oxygen atoms in total. The van der Waals surface area contributed by atoms with Crippen LogP contribution < -0.4 is 0 Å². The molecule has 4 saturated carbocycles. The van der Waals surface area contributed by atoms with Gasteiger partial charge >= 0.3 is 0 Å². The summed E-state index contributed by atoms with van der Waals surface area (Å²) in [6.07, 6.45) is 17.5. The van der Waals surface area contributed by atoms with E-state index in [9.17, 15) is 10.2 Å². The van der Waals surface area contributed by atoms with Crippen LogP contribution >= 0.6 is 0 Å². The molecule has 0 bridgehead atoms. The Kier molecular flexibility index (Phi) is 6.92. The van der Waals surface area contributed by atoms with Crippen LogP contribution in [0.2, 0.25) is 0 Å². The van der Waals surface area contributed by atoms with Crippen LogP contribution in [0, 0.1) is 46.3 Å². The molecule has 0 saturated heterocycles. The zero-order valence-electron chi connectivity index (χ0n) is 22.3. The normalized spacial score (nSPS) is 47.4. The predicted octanol–water partition coefficient (Wildman–Crippen LogP) is 7.75. The van der Waals surface area contributed by atoms with Gasteiger partial charge in [-0.05, 0) is 124 Å². The van der Waals surface area contributed by atoms with Crippen molar-refractivity contribution < 1.29 is 10.2 Å². The highest BCUT2D eigenvalue weighted by molar-refractivity contribution is 5.11. The van der Waals surface area contributed by atoms with Gasteiger partial charge in [-0.2, -0.15) is 0 Å². The van der Waals surface area contributed by atoms with Gasteiger partial charge in [-0.3, -0.25) is 0 Å². The molecule has 1 unspecified atom stereocenters. The van der Waals surface area contributed by atoms with Crippen molar-refractivity contribution in [3.8, 4) is 0 Å². The summed E-state index contributed by atoms with van der Waals surface area (Å²) >= 11 is 0. The highest BCUT2D eigenvalue weighted by Gasteiger charge is 2.62. The van der Waals surface area contributed by atoms with E-state index in [1.807, 2.05) is 13.8 Å². The summed E-state index contributed by atoms with van der Waals surface area (Å²) < 4.78 is 0. The van der Waals surface area contributed by atoms with Crippen LogP contribution in [-0.2, 0) is 0 Å². The molecule has 2 heteroatoms. The molecule has 0 aromatic rings. The first-order valence-electron chi connectivity index (χ1n) is 14.4. The molecule has 0 aliphatic heterocycles. The molecule has 0 heterocycles. The third-order valence-electron chi connectivity index (χ3n) is 11.9. The molecule has 0 aromatic heterocycles. The van der Waals surface area contributed by atoms with E-state index in [1.165, 1.54) is 57.8 Å². The lowest BCUT2D eigenvalue weighted by Crippen LogP contribution is -2.58. The van der Waals surface area contributed by atoms with Gasteiger partial charge in [-0.25, -0.2) is 0 Å². The van der Waals surface area contributed by atoms with E-state index in [1.54, 1.807) is 0 Å². The zero-order chi connectivity index (χ0) is 23.4. The first-order valence-corrected chi connectivity index (χ1v) is 14.4. The predicted molar refractivity (Wildman–Crippen MR) is 134 cm³/mol. The highest BCUT2D eigenvalue weighted by atomic mass is 16.3. The van der Waals surface area contributed by atoms with Crippen molar-refractivity contribution in [1.82, 2.24) is 0 Å². The first-order chi connectivity index (χ1) is 14.9. The lowest BCUT2D eigenvalue weighted by Gasteiger charge is -2.65. The maximum absolute atomic E-state index is 11.3. The van der Waals surface area contributed by atoms with E-state index in [-0.39, 0.29) is 0 Å². The Labute approximate surface area is 199 Å². The summed E-state index contributed by atoms with van der Waals surface area (Å²) in [6.45, 7) is 13.8. The lowest BCUT2D eigenvalue weighted by molar-refractivity contribution is -0.176. The number of hydrogen-bond acceptors (Lipinski definition) is 2. The van der Waals surface area contributed by atoms with E-state index >= 15 is 0 Å². The summed E-state index contributed by atoms with van der Waals surface area (Å²) in [7, 11) is 0. The fraction of sp³-hybridized carbons (Fsp3) is 1.00. The fourth-order valence-corrected chi connectivity index (χ4v) is 9.72. The maximum Gasteiger partial charge on any atom is 0.0648 e. The first kappa shape index (κ1) is 25.0. The Morgan fingerprint density at radius 1 is 1.00 bits per heavy atom. The van der Waals surface area contributed by atoms with Gasteiger partial charge in [0.2, 0.25) is 0 Å². The monoisotopic (exact) mass is 446 g/mol. The maximum atomic E-state index is 11.3. The standard InChI is InChI=1S/C30H54O2/c1-7-21(11-9-14-27(3,4)31)23-19-22-20-30(32,8-2)18-17-29(22,6)25-13-16-28(5)15-10-12-24(28)26(23)25/h21-26,31-32H,7-20H2,1-6H3/t21-,22+,23?,24+,25+,26-,28-,29+,30+/m1/s1. The molecular formula is C30H54O2. The van der Waals surface area contributed by atoms with Crippen LogP contribution in [0.25, 0.3) is 0 Å². The molecule has 186 valence electrons. The molecule has 4 aliphatic rings. The lowest BCUT2D eigenvalue weighted by atomic mass is 9.41. The van der Waals surface area contributed by atoms with Gasteiger partial charge in [0.05, 0.1) is 11.2 Å². The summed E-state index contributed by atoms with van der Waals surface area (Å²) in [4.78, 5) is 0. The molecule has 0 radical (unpaired) electrons. The van der Waals surface area contributed by atoms with Crippen LogP contribution in [0.1, 0.15) is 131 Å². The van der Waals surface area contributed by atoms with Gasteiger partial charge in [0.1, 0.15) is 0 Å². The molecule has 0 aromatic carbocycles. The minimum atomic E-state index is -0.540. The van der Waals surface area contributed by atoms with Crippen LogP contribution in [0.4, 0.5) is 0 Å². The Hall–Kier alpha value is -0.0800. The van der Waals surface area contributed by atoms with Crippen LogP contribution in [0.3, 0.4) is 0 Å². The Balaban J connectivity index is 1.63. The van der Waals surface area contributed by atoms with Crippen molar-refractivity contribution in [1.29, 1.82) is 0 Å². The van der Waals surface area contributed by atoms with Crippen LogP contribution in [0.15, 0.2) is 0 Å². The summed E-state index contributed by atoms with van der Waals surface area (Å²) in [6, 6.07) is 0. The topological polar surface area (TPSA) is 40.5 Å². The van der Waals surface area contributed by atoms with Gasteiger partial charge in [0, 0.05) is 0 Å². The third kappa shape index (κ3) is 4.46. The van der Waals surface area contributed by atoms with E-state index in [4.69, 9.17) is 0 Å². The molecule has 9 atom stereocenters. The quantitative estimate of drug-likeness (QED) is 0.419. The largest absolute Gasteiger partial charge is 0.390 e. The molecule has 0 amide bonds.